The zero-order valence-corrected chi connectivity index (χ0v) is 12.0. The molecule has 0 heterocycles. The number of benzene rings is 1. The lowest BCUT2D eigenvalue weighted by atomic mass is 10.1. The lowest BCUT2D eigenvalue weighted by Crippen LogP contribution is -2.38. The molecule has 1 atom stereocenters. The zero-order valence-electron chi connectivity index (χ0n) is 11.2. The number of sulfonamides is 1. The molecule has 1 aromatic carbocycles. The Labute approximate surface area is 118 Å². The van der Waals surface area contributed by atoms with Gasteiger partial charge in [0.1, 0.15) is 0 Å². The minimum Gasteiger partial charge on any atom is -0.392 e. The number of urea groups is 1. The highest BCUT2D eigenvalue weighted by Crippen LogP contribution is 2.06. The van der Waals surface area contributed by atoms with Crippen LogP contribution in [-0.4, -0.2) is 32.2 Å². The lowest BCUT2D eigenvalue weighted by molar-refractivity contribution is 0.187. The van der Waals surface area contributed by atoms with Crippen LogP contribution in [0, 0.1) is 0 Å². The third-order valence-electron chi connectivity index (χ3n) is 2.40. The van der Waals surface area contributed by atoms with E-state index in [1.54, 1.807) is 31.2 Å². The van der Waals surface area contributed by atoms with Crippen LogP contribution in [0.2, 0.25) is 0 Å². The molecule has 0 aliphatic carbocycles. The van der Waals surface area contributed by atoms with Gasteiger partial charge in [-0.3, -0.25) is 0 Å². The van der Waals surface area contributed by atoms with Gasteiger partial charge in [0, 0.05) is 13.1 Å². The van der Waals surface area contributed by atoms with Crippen molar-refractivity contribution in [3.8, 4) is 0 Å². The minimum absolute atomic E-state index is 0.180. The Balaban J connectivity index is 2.44. The van der Waals surface area contributed by atoms with Gasteiger partial charge < -0.3 is 15.7 Å². The van der Waals surface area contributed by atoms with Gasteiger partial charge in [-0.05, 0) is 18.1 Å². The topological polar surface area (TPSA) is 122 Å². The number of nitrogens with two attached hydrogens (primary N) is 1. The molecule has 2 amide bonds. The fraction of sp³-hybridized carbons (Fsp3) is 0.417. The molecule has 0 radical (unpaired) electrons. The summed E-state index contributed by atoms with van der Waals surface area (Å²) in [5.74, 6) is -0.213. The van der Waals surface area contributed by atoms with Crippen molar-refractivity contribution in [2.75, 3.05) is 6.54 Å². The largest absolute Gasteiger partial charge is 0.392 e. The summed E-state index contributed by atoms with van der Waals surface area (Å²) >= 11 is 0. The van der Waals surface area contributed by atoms with Gasteiger partial charge in [-0.25, -0.2) is 18.4 Å². The number of hydrogen-bond donors (Lipinski definition) is 4. The number of rotatable bonds is 6. The van der Waals surface area contributed by atoms with Crippen molar-refractivity contribution in [1.82, 2.24) is 10.6 Å². The van der Waals surface area contributed by atoms with E-state index in [1.807, 2.05) is 0 Å². The summed E-state index contributed by atoms with van der Waals surface area (Å²) in [6.07, 6.45) is -0.599. The maximum absolute atomic E-state index is 11.3. The van der Waals surface area contributed by atoms with Crippen molar-refractivity contribution in [2.24, 2.45) is 5.14 Å². The first-order valence-corrected chi connectivity index (χ1v) is 7.76. The van der Waals surface area contributed by atoms with Crippen LogP contribution in [0.15, 0.2) is 24.3 Å². The van der Waals surface area contributed by atoms with Crippen LogP contribution in [0.1, 0.15) is 18.1 Å². The average Bonchev–Trinajstić information content (AvgIpc) is 2.33. The van der Waals surface area contributed by atoms with Crippen LogP contribution in [0.4, 0.5) is 4.79 Å². The molecule has 0 spiro atoms. The van der Waals surface area contributed by atoms with E-state index in [0.29, 0.717) is 12.1 Å². The van der Waals surface area contributed by atoms with Crippen molar-refractivity contribution in [3.63, 3.8) is 0 Å². The second-order valence-electron chi connectivity index (χ2n) is 4.54. The first kappa shape index (κ1) is 16.4. The lowest BCUT2D eigenvalue weighted by Gasteiger charge is -2.09. The number of primary sulfonamides is 1. The minimum atomic E-state index is -3.53. The van der Waals surface area contributed by atoms with Gasteiger partial charge in [0.05, 0.1) is 11.9 Å². The highest BCUT2D eigenvalue weighted by molar-refractivity contribution is 7.88. The van der Waals surface area contributed by atoms with Crippen LogP contribution in [0.3, 0.4) is 0 Å². The van der Waals surface area contributed by atoms with Crippen molar-refractivity contribution in [3.05, 3.63) is 35.4 Å². The number of aliphatic hydroxyl groups is 1. The number of nitrogens with one attached hydrogen (secondary N) is 2. The van der Waals surface area contributed by atoms with Crippen molar-refractivity contribution >= 4 is 16.1 Å². The first-order chi connectivity index (χ1) is 9.26. The van der Waals surface area contributed by atoms with Gasteiger partial charge in [0.25, 0.3) is 0 Å². The molecule has 20 heavy (non-hydrogen) atoms. The number of carbonyl (C=O) groups excluding carboxylic acids is 1. The predicted octanol–water partition coefficient (Wildman–Crippen LogP) is -0.345. The summed E-state index contributed by atoms with van der Waals surface area (Å²) in [5, 5.41) is 19.1. The fourth-order valence-corrected chi connectivity index (χ4v) is 2.13. The van der Waals surface area contributed by atoms with E-state index in [9.17, 15) is 13.2 Å². The highest BCUT2D eigenvalue weighted by atomic mass is 32.2. The molecule has 0 aliphatic heterocycles. The van der Waals surface area contributed by atoms with E-state index in [2.05, 4.69) is 10.6 Å². The Morgan fingerprint density at radius 3 is 2.30 bits per heavy atom. The molecule has 112 valence electrons. The molecule has 0 saturated carbocycles. The van der Waals surface area contributed by atoms with E-state index in [4.69, 9.17) is 10.2 Å². The van der Waals surface area contributed by atoms with E-state index in [1.165, 1.54) is 0 Å². The highest BCUT2D eigenvalue weighted by Gasteiger charge is 2.05. The second kappa shape index (κ2) is 7.22. The second-order valence-corrected chi connectivity index (χ2v) is 6.15. The molecule has 1 unspecified atom stereocenters. The quantitative estimate of drug-likeness (QED) is 0.574. The van der Waals surface area contributed by atoms with Gasteiger partial charge in [0.2, 0.25) is 10.0 Å². The number of amides is 2. The summed E-state index contributed by atoms with van der Waals surface area (Å²) in [5.41, 5.74) is 1.42. The molecule has 8 heteroatoms. The maximum atomic E-state index is 11.3. The third kappa shape index (κ3) is 7.07. The van der Waals surface area contributed by atoms with Crippen molar-refractivity contribution in [2.45, 2.75) is 25.3 Å². The van der Waals surface area contributed by atoms with Crippen LogP contribution >= 0.6 is 0 Å². The Kier molecular flexibility index (Phi) is 5.93. The zero-order chi connectivity index (χ0) is 15.2. The average molecular weight is 301 g/mol. The molecular formula is C12H19N3O4S. The first-order valence-electron chi connectivity index (χ1n) is 6.04. The molecule has 1 aromatic rings. The van der Waals surface area contributed by atoms with Crippen LogP contribution in [-0.2, 0) is 22.3 Å². The summed E-state index contributed by atoms with van der Waals surface area (Å²) in [6.45, 7) is 2.06. The Bertz CT molecular complexity index is 540. The number of hydrogen-bond acceptors (Lipinski definition) is 4. The Morgan fingerprint density at radius 1 is 1.25 bits per heavy atom. The van der Waals surface area contributed by atoms with Crippen LogP contribution < -0.4 is 15.8 Å². The molecule has 5 N–H and O–H groups in total. The van der Waals surface area contributed by atoms with Crippen molar-refractivity contribution < 1.29 is 18.3 Å². The third-order valence-corrected chi connectivity index (χ3v) is 3.14. The Morgan fingerprint density at radius 2 is 1.80 bits per heavy atom. The summed E-state index contributed by atoms with van der Waals surface area (Å²) in [4.78, 5) is 11.3. The molecule has 0 fully saturated rings. The van der Waals surface area contributed by atoms with Crippen LogP contribution in [0.25, 0.3) is 0 Å². The molecular weight excluding hydrogens is 282 g/mol. The molecule has 0 saturated heterocycles. The van der Waals surface area contributed by atoms with E-state index in [0.717, 1.165) is 5.56 Å². The monoisotopic (exact) mass is 301 g/mol. The van der Waals surface area contributed by atoms with Gasteiger partial charge in [-0.2, -0.15) is 0 Å². The Hall–Kier alpha value is -1.64. The van der Waals surface area contributed by atoms with Gasteiger partial charge in [-0.15, -0.1) is 0 Å². The maximum Gasteiger partial charge on any atom is 0.315 e. The molecule has 0 aliphatic rings. The van der Waals surface area contributed by atoms with Gasteiger partial charge in [0.15, 0.2) is 0 Å². The van der Waals surface area contributed by atoms with Gasteiger partial charge in [-0.1, -0.05) is 24.3 Å². The van der Waals surface area contributed by atoms with Crippen LogP contribution in [0.5, 0.6) is 0 Å². The summed E-state index contributed by atoms with van der Waals surface area (Å²) < 4.78 is 21.8. The molecule has 7 nitrogen and oxygen atoms in total. The number of aliphatic hydroxyl groups excluding tert-OH is 1. The number of carbonyl (C=O) groups is 1. The molecule has 1 rings (SSSR count). The predicted molar refractivity (Wildman–Crippen MR) is 75.2 cm³/mol. The standard InChI is InChI=1S/C12H19N3O4S/c1-9(16)6-14-12(17)15-7-10-2-4-11(5-3-10)8-20(13,18)19/h2-5,9,16H,6-8H2,1H3,(H2,13,18,19)(H2,14,15,17). The molecule has 0 aromatic heterocycles. The van der Waals surface area contributed by atoms with E-state index in [-0.39, 0.29) is 18.3 Å². The molecule has 0 bridgehead atoms. The summed E-state index contributed by atoms with van der Waals surface area (Å²) in [7, 11) is -3.53. The summed E-state index contributed by atoms with van der Waals surface area (Å²) in [6, 6.07) is 6.36. The SMILES string of the molecule is CC(O)CNC(=O)NCc1ccc(CS(N)(=O)=O)cc1. The fourth-order valence-electron chi connectivity index (χ4n) is 1.47. The van der Waals surface area contributed by atoms with Gasteiger partial charge >= 0.3 is 6.03 Å². The van der Waals surface area contributed by atoms with E-state index >= 15 is 0 Å². The smallest absolute Gasteiger partial charge is 0.315 e. The normalized spacial score (nSPS) is 12.8. The van der Waals surface area contributed by atoms with E-state index < -0.39 is 16.1 Å². The van der Waals surface area contributed by atoms with Crippen molar-refractivity contribution in [1.29, 1.82) is 0 Å².